The second kappa shape index (κ2) is 9.12. The number of esters is 1. The Morgan fingerprint density at radius 3 is 2.15 bits per heavy atom. The van der Waals surface area contributed by atoms with Crippen LogP contribution in [0.4, 0.5) is 0 Å². The van der Waals surface area contributed by atoms with E-state index < -0.39 is 24.6 Å². The Morgan fingerprint density at radius 2 is 1.56 bits per heavy atom. The summed E-state index contributed by atoms with van der Waals surface area (Å²) in [6, 6.07) is 21.5. The van der Waals surface area contributed by atoms with Crippen molar-refractivity contribution >= 4 is 23.2 Å². The summed E-state index contributed by atoms with van der Waals surface area (Å²) in [5, 5.41) is 14.8. The lowest BCUT2D eigenvalue weighted by Gasteiger charge is -2.18. The van der Waals surface area contributed by atoms with Crippen LogP contribution in [0.25, 0.3) is 0 Å². The minimum absolute atomic E-state index is 0.323. The number of thiophene rings is 1. The number of carbonyl (C=O) groups excluding carboxylic acids is 2. The van der Waals surface area contributed by atoms with E-state index in [2.05, 4.69) is 5.32 Å². The number of carbonyl (C=O) groups is 2. The van der Waals surface area contributed by atoms with Gasteiger partial charge in [0.25, 0.3) is 5.91 Å². The standard InChI is InChI=1S/C21H19NO4S/c23-18(14-26-21(25)20(24)16-10-5-2-6-11-16)22-19(17-12-7-13-27-17)15-8-3-1-4-9-15/h1-13,19-20,24H,14H2,(H,22,23)/t19-,20+/m1/s1. The molecule has 0 aliphatic carbocycles. The lowest BCUT2D eigenvalue weighted by atomic mass is 10.1. The highest BCUT2D eigenvalue weighted by Crippen LogP contribution is 2.25. The molecule has 0 unspecified atom stereocenters. The molecule has 0 fully saturated rings. The molecular weight excluding hydrogens is 362 g/mol. The molecule has 138 valence electrons. The first-order valence-electron chi connectivity index (χ1n) is 8.42. The second-order valence-corrected chi connectivity index (χ2v) is 6.83. The molecule has 0 saturated heterocycles. The van der Waals surface area contributed by atoms with Crippen molar-refractivity contribution in [2.45, 2.75) is 12.1 Å². The second-order valence-electron chi connectivity index (χ2n) is 5.85. The van der Waals surface area contributed by atoms with Gasteiger partial charge in [0, 0.05) is 4.88 Å². The van der Waals surface area contributed by atoms with Gasteiger partial charge in [-0.1, -0.05) is 66.7 Å². The van der Waals surface area contributed by atoms with Crippen LogP contribution in [0.5, 0.6) is 0 Å². The number of amides is 1. The SMILES string of the molecule is O=C(COC(=O)[C@@H](O)c1ccccc1)N[C@H](c1ccccc1)c1cccs1. The zero-order valence-corrected chi connectivity index (χ0v) is 15.3. The van der Waals surface area contributed by atoms with Crippen molar-refractivity contribution in [3.05, 3.63) is 94.2 Å². The van der Waals surface area contributed by atoms with E-state index in [1.54, 1.807) is 30.3 Å². The van der Waals surface area contributed by atoms with E-state index in [0.29, 0.717) is 5.56 Å². The first-order valence-corrected chi connectivity index (χ1v) is 9.30. The van der Waals surface area contributed by atoms with Crippen molar-refractivity contribution in [2.24, 2.45) is 0 Å². The zero-order chi connectivity index (χ0) is 19.1. The zero-order valence-electron chi connectivity index (χ0n) is 14.4. The number of hydrogen-bond acceptors (Lipinski definition) is 5. The topological polar surface area (TPSA) is 75.6 Å². The number of ether oxygens (including phenoxy) is 1. The van der Waals surface area contributed by atoms with Crippen LogP contribution >= 0.6 is 11.3 Å². The molecule has 2 atom stereocenters. The van der Waals surface area contributed by atoms with Gasteiger partial charge in [-0.3, -0.25) is 4.79 Å². The average molecular weight is 381 g/mol. The molecular formula is C21H19NO4S. The van der Waals surface area contributed by atoms with Crippen molar-refractivity contribution in [1.29, 1.82) is 0 Å². The van der Waals surface area contributed by atoms with E-state index in [1.165, 1.54) is 11.3 Å². The Labute approximate surface area is 161 Å². The van der Waals surface area contributed by atoms with Gasteiger partial charge in [-0.05, 0) is 22.6 Å². The van der Waals surface area contributed by atoms with Gasteiger partial charge in [-0.25, -0.2) is 4.79 Å². The van der Waals surface area contributed by atoms with Crippen LogP contribution in [0.15, 0.2) is 78.2 Å². The Bertz CT molecular complexity index is 866. The highest BCUT2D eigenvalue weighted by atomic mass is 32.1. The third-order valence-corrected chi connectivity index (χ3v) is 4.89. The molecule has 0 bridgehead atoms. The van der Waals surface area contributed by atoms with Crippen molar-refractivity contribution in [3.63, 3.8) is 0 Å². The van der Waals surface area contributed by atoms with Crippen LogP contribution in [0.2, 0.25) is 0 Å². The molecule has 0 aliphatic rings. The maximum Gasteiger partial charge on any atom is 0.340 e. The molecule has 2 aromatic carbocycles. The van der Waals surface area contributed by atoms with E-state index in [1.807, 2.05) is 47.8 Å². The molecule has 0 radical (unpaired) electrons. The summed E-state index contributed by atoms with van der Waals surface area (Å²) in [5.41, 5.74) is 1.35. The fourth-order valence-electron chi connectivity index (χ4n) is 2.61. The molecule has 0 aliphatic heterocycles. The summed E-state index contributed by atoms with van der Waals surface area (Å²) in [6.07, 6.45) is -1.42. The molecule has 1 amide bonds. The van der Waals surface area contributed by atoms with Gasteiger partial charge in [0.05, 0.1) is 6.04 Å². The Kier molecular flexibility index (Phi) is 6.35. The Balaban J connectivity index is 1.61. The molecule has 27 heavy (non-hydrogen) atoms. The lowest BCUT2D eigenvalue weighted by Crippen LogP contribution is -2.33. The summed E-state index contributed by atoms with van der Waals surface area (Å²) in [6.45, 7) is -0.461. The third-order valence-electron chi connectivity index (χ3n) is 3.95. The summed E-state index contributed by atoms with van der Waals surface area (Å²) in [5.74, 6) is -1.30. The number of benzene rings is 2. The van der Waals surface area contributed by atoms with Crippen molar-refractivity contribution < 1.29 is 19.4 Å². The first kappa shape index (κ1) is 18.8. The van der Waals surface area contributed by atoms with E-state index in [9.17, 15) is 14.7 Å². The fraction of sp³-hybridized carbons (Fsp3) is 0.143. The van der Waals surface area contributed by atoms with E-state index >= 15 is 0 Å². The Morgan fingerprint density at radius 1 is 0.926 bits per heavy atom. The molecule has 1 heterocycles. The van der Waals surface area contributed by atoms with Crippen molar-refractivity contribution in [2.75, 3.05) is 6.61 Å². The maximum atomic E-state index is 12.3. The minimum Gasteiger partial charge on any atom is -0.453 e. The highest BCUT2D eigenvalue weighted by Gasteiger charge is 2.22. The molecule has 5 nitrogen and oxygen atoms in total. The van der Waals surface area contributed by atoms with Crippen LogP contribution in [-0.2, 0) is 14.3 Å². The quantitative estimate of drug-likeness (QED) is 0.616. The van der Waals surface area contributed by atoms with Gasteiger partial charge < -0.3 is 15.2 Å². The molecule has 3 aromatic rings. The third kappa shape index (κ3) is 5.03. The minimum atomic E-state index is -1.42. The van der Waals surface area contributed by atoms with E-state index in [0.717, 1.165) is 10.4 Å². The normalized spacial score (nSPS) is 12.8. The smallest absolute Gasteiger partial charge is 0.340 e. The maximum absolute atomic E-state index is 12.3. The number of aliphatic hydroxyl groups excluding tert-OH is 1. The fourth-order valence-corrected chi connectivity index (χ4v) is 3.41. The van der Waals surface area contributed by atoms with Gasteiger partial charge >= 0.3 is 5.97 Å². The van der Waals surface area contributed by atoms with E-state index in [-0.39, 0.29) is 6.04 Å². The van der Waals surface area contributed by atoms with Crippen molar-refractivity contribution in [1.82, 2.24) is 5.32 Å². The predicted octanol–water partition coefficient (Wildman–Crippen LogP) is 3.23. The van der Waals surface area contributed by atoms with Gasteiger partial charge in [0.2, 0.25) is 0 Å². The Hall–Kier alpha value is -2.96. The molecule has 3 rings (SSSR count). The van der Waals surface area contributed by atoms with Crippen LogP contribution in [0.1, 0.15) is 28.1 Å². The number of rotatable bonds is 7. The van der Waals surface area contributed by atoms with Gasteiger partial charge in [-0.2, -0.15) is 0 Å². The molecule has 6 heteroatoms. The lowest BCUT2D eigenvalue weighted by molar-refractivity contribution is -0.157. The van der Waals surface area contributed by atoms with E-state index in [4.69, 9.17) is 4.74 Å². The number of nitrogens with one attached hydrogen (secondary N) is 1. The summed E-state index contributed by atoms with van der Waals surface area (Å²) >= 11 is 1.53. The largest absolute Gasteiger partial charge is 0.453 e. The van der Waals surface area contributed by atoms with Crippen molar-refractivity contribution in [3.8, 4) is 0 Å². The molecule has 1 aromatic heterocycles. The summed E-state index contributed by atoms with van der Waals surface area (Å²) in [4.78, 5) is 25.3. The summed E-state index contributed by atoms with van der Waals surface area (Å²) < 4.78 is 4.98. The number of aliphatic hydroxyl groups is 1. The van der Waals surface area contributed by atoms with Gasteiger partial charge in [0.1, 0.15) is 0 Å². The predicted molar refractivity (Wildman–Crippen MR) is 103 cm³/mol. The van der Waals surface area contributed by atoms with Crippen LogP contribution < -0.4 is 5.32 Å². The summed E-state index contributed by atoms with van der Waals surface area (Å²) in [7, 11) is 0. The number of hydrogen-bond donors (Lipinski definition) is 2. The first-order chi connectivity index (χ1) is 13.1. The van der Waals surface area contributed by atoms with Gasteiger partial charge in [-0.15, -0.1) is 11.3 Å². The monoisotopic (exact) mass is 381 g/mol. The molecule has 2 N–H and O–H groups in total. The van der Waals surface area contributed by atoms with Crippen LogP contribution in [0, 0.1) is 0 Å². The van der Waals surface area contributed by atoms with Crippen LogP contribution in [0.3, 0.4) is 0 Å². The van der Waals surface area contributed by atoms with Gasteiger partial charge in [0.15, 0.2) is 12.7 Å². The average Bonchev–Trinajstić information content (AvgIpc) is 3.25. The molecule has 0 spiro atoms. The van der Waals surface area contributed by atoms with Crippen LogP contribution in [-0.4, -0.2) is 23.6 Å². The molecule has 0 saturated carbocycles. The highest BCUT2D eigenvalue weighted by molar-refractivity contribution is 7.10.